The molecule has 1 unspecified atom stereocenters. The van der Waals surface area contributed by atoms with Crippen molar-refractivity contribution in [1.29, 1.82) is 0 Å². The summed E-state index contributed by atoms with van der Waals surface area (Å²) in [5, 5.41) is 5.07. The zero-order valence-electron chi connectivity index (χ0n) is 31.8. The molecule has 0 spiro atoms. The average Bonchev–Trinajstić information content (AvgIpc) is 3.44. The van der Waals surface area contributed by atoms with Crippen molar-refractivity contribution in [3.63, 3.8) is 0 Å². The van der Waals surface area contributed by atoms with Gasteiger partial charge in [0.15, 0.2) is 0 Å². The first-order valence-corrected chi connectivity index (χ1v) is 18.4. The molecule has 0 saturated heterocycles. The standard InChI is InChI=1S/C50H54N2/c1-9-11-12-13-18-32-47(51-39(5)41-27-23-24-37(3)35-41)52(8)38(4)33-34-42(36-50(6,7)10-2)49-45-30-21-19-28-43(45)48(40-25-16-14-15-17-26-40)44-29-20-22-31-46(44)49/h9-16,18-31,34-35,47H,1-2,4,17,32-33,36H2,3,5-8H3/b12-11-,18-13-,42-34+,51-39+. The first-order valence-electron chi connectivity index (χ1n) is 18.4. The summed E-state index contributed by atoms with van der Waals surface area (Å²) in [6.45, 7) is 21.4. The highest BCUT2D eigenvalue weighted by Gasteiger charge is 2.23. The Hall–Kier alpha value is -5.47. The van der Waals surface area contributed by atoms with Crippen LogP contribution >= 0.6 is 0 Å². The van der Waals surface area contributed by atoms with Crippen LogP contribution in [0.3, 0.4) is 0 Å². The monoisotopic (exact) mass is 682 g/mol. The van der Waals surface area contributed by atoms with E-state index in [1.807, 2.05) is 12.2 Å². The Morgan fingerprint density at radius 1 is 0.904 bits per heavy atom. The highest BCUT2D eigenvalue weighted by atomic mass is 15.2. The lowest BCUT2D eigenvalue weighted by atomic mass is 9.79. The lowest BCUT2D eigenvalue weighted by Crippen LogP contribution is -2.29. The molecule has 0 fully saturated rings. The maximum Gasteiger partial charge on any atom is 0.124 e. The number of aliphatic imine (C=N–C) groups is 1. The molecule has 0 bridgehead atoms. The third-order valence-corrected chi connectivity index (χ3v) is 9.89. The van der Waals surface area contributed by atoms with Crippen LogP contribution in [0.15, 0.2) is 176 Å². The van der Waals surface area contributed by atoms with Crippen LogP contribution in [0, 0.1) is 12.3 Å². The van der Waals surface area contributed by atoms with Crippen LogP contribution < -0.4 is 0 Å². The van der Waals surface area contributed by atoms with E-state index in [0.717, 1.165) is 36.2 Å². The molecule has 4 aromatic rings. The Morgan fingerprint density at radius 3 is 2.25 bits per heavy atom. The van der Waals surface area contributed by atoms with Crippen LogP contribution in [0.2, 0.25) is 0 Å². The largest absolute Gasteiger partial charge is 0.356 e. The Kier molecular flexibility index (Phi) is 12.8. The summed E-state index contributed by atoms with van der Waals surface area (Å²) in [7, 11) is 2.12. The molecule has 0 aliphatic heterocycles. The van der Waals surface area contributed by atoms with E-state index in [0.29, 0.717) is 6.42 Å². The number of nitrogens with zero attached hydrogens (tertiary/aromatic N) is 2. The summed E-state index contributed by atoms with van der Waals surface area (Å²) in [6, 6.07) is 26.4. The Labute approximate surface area is 312 Å². The summed E-state index contributed by atoms with van der Waals surface area (Å²) in [5.74, 6) is 0. The molecule has 0 saturated carbocycles. The zero-order valence-corrected chi connectivity index (χ0v) is 31.8. The van der Waals surface area contributed by atoms with Crippen molar-refractivity contribution in [2.45, 2.75) is 59.5 Å². The molecule has 2 nitrogen and oxygen atoms in total. The van der Waals surface area contributed by atoms with E-state index >= 15 is 0 Å². The van der Waals surface area contributed by atoms with Gasteiger partial charge in [-0.1, -0.05) is 178 Å². The minimum atomic E-state index is -0.112. The van der Waals surface area contributed by atoms with Crippen molar-refractivity contribution in [2.24, 2.45) is 10.4 Å². The molecule has 5 rings (SSSR count). The molecule has 0 heterocycles. The van der Waals surface area contributed by atoms with Crippen LogP contribution in [0.5, 0.6) is 0 Å². The highest BCUT2D eigenvalue weighted by Crippen LogP contribution is 2.44. The van der Waals surface area contributed by atoms with Gasteiger partial charge in [0.1, 0.15) is 6.17 Å². The van der Waals surface area contributed by atoms with E-state index in [1.165, 1.54) is 49.4 Å². The van der Waals surface area contributed by atoms with E-state index < -0.39 is 0 Å². The Morgan fingerprint density at radius 2 is 1.60 bits per heavy atom. The van der Waals surface area contributed by atoms with E-state index in [1.54, 1.807) is 6.08 Å². The SMILES string of the molecule is C=C/C=C\C=C/CC(/N=C(\C)c1cccc(C)c1)N(C)C(=C)C/C=C(\CC(C)(C)C=C)c1c2ccccc2c(C2=CCC=CC=C2)c2ccccc12. The third-order valence-electron chi connectivity index (χ3n) is 9.89. The van der Waals surface area contributed by atoms with Crippen LogP contribution in [0.25, 0.3) is 32.7 Å². The molecule has 0 aromatic heterocycles. The van der Waals surface area contributed by atoms with Crippen molar-refractivity contribution in [1.82, 2.24) is 4.90 Å². The summed E-state index contributed by atoms with van der Waals surface area (Å²) in [4.78, 5) is 7.51. The number of hydrogen-bond acceptors (Lipinski definition) is 2. The van der Waals surface area contributed by atoms with E-state index in [4.69, 9.17) is 4.99 Å². The predicted molar refractivity (Wildman–Crippen MR) is 231 cm³/mol. The molecule has 1 atom stereocenters. The van der Waals surface area contributed by atoms with Crippen LogP contribution in [0.1, 0.15) is 68.7 Å². The zero-order chi connectivity index (χ0) is 37.1. The first-order chi connectivity index (χ1) is 25.1. The quantitative estimate of drug-likeness (QED) is 0.0527. The normalized spacial score (nSPS) is 14.6. The minimum Gasteiger partial charge on any atom is -0.356 e. The number of aryl methyl sites for hydroxylation is 1. The van der Waals surface area contributed by atoms with Gasteiger partial charge in [-0.25, -0.2) is 0 Å². The Bertz CT molecular complexity index is 2100. The van der Waals surface area contributed by atoms with Gasteiger partial charge < -0.3 is 4.90 Å². The third kappa shape index (κ3) is 9.25. The molecule has 0 N–H and O–H groups in total. The van der Waals surface area contributed by atoms with Gasteiger partial charge in [-0.3, -0.25) is 4.99 Å². The summed E-state index contributed by atoms with van der Waals surface area (Å²) in [5.41, 5.74) is 9.43. The van der Waals surface area contributed by atoms with E-state index in [9.17, 15) is 0 Å². The van der Waals surface area contributed by atoms with Gasteiger partial charge in [0, 0.05) is 31.3 Å². The Balaban J connectivity index is 1.60. The maximum atomic E-state index is 5.26. The van der Waals surface area contributed by atoms with Gasteiger partial charge in [0.2, 0.25) is 0 Å². The second-order valence-electron chi connectivity index (χ2n) is 14.4. The van der Waals surface area contributed by atoms with Crippen molar-refractivity contribution in [3.8, 4) is 0 Å². The van der Waals surface area contributed by atoms with Crippen molar-refractivity contribution < 1.29 is 0 Å². The molecule has 2 heteroatoms. The van der Waals surface area contributed by atoms with Crippen LogP contribution in [-0.2, 0) is 0 Å². The highest BCUT2D eigenvalue weighted by molar-refractivity contribution is 6.16. The lowest BCUT2D eigenvalue weighted by Gasteiger charge is -2.29. The number of hydrogen-bond donors (Lipinski definition) is 0. The molecule has 52 heavy (non-hydrogen) atoms. The lowest BCUT2D eigenvalue weighted by molar-refractivity contribution is 0.310. The number of benzene rings is 4. The van der Waals surface area contributed by atoms with E-state index in [2.05, 4.69) is 187 Å². The number of allylic oxidation sites excluding steroid dienone is 13. The minimum absolute atomic E-state index is 0.111. The molecule has 1 aliphatic carbocycles. The van der Waals surface area contributed by atoms with Crippen molar-refractivity contribution in [2.75, 3.05) is 7.05 Å². The topological polar surface area (TPSA) is 15.6 Å². The average molecular weight is 683 g/mol. The van der Waals surface area contributed by atoms with Gasteiger partial charge in [0.05, 0.1) is 0 Å². The van der Waals surface area contributed by atoms with Gasteiger partial charge in [-0.05, 0) is 81.5 Å². The van der Waals surface area contributed by atoms with Gasteiger partial charge in [0.25, 0.3) is 0 Å². The molecule has 0 amide bonds. The fourth-order valence-corrected chi connectivity index (χ4v) is 6.86. The van der Waals surface area contributed by atoms with Crippen LogP contribution in [0.4, 0.5) is 0 Å². The summed E-state index contributed by atoms with van der Waals surface area (Å²) >= 11 is 0. The predicted octanol–water partition coefficient (Wildman–Crippen LogP) is 13.5. The first kappa shape index (κ1) is 37.8. The summed E-state index contributed by atoms with van der Waals surface area (Å²) < 4.78 is 0. The fourth-order valence-electron chi connectivity index (χ4n) is 6.86. The maximum absolute atomic E-state index is 5.26. The van der Waals surface area contributed by atoms with Gasteiger partial charge >= 0.3 is 0 Å². The van der Waals surface area contributed by atoms with E-state index in [-0.39, 0.29) is 11.6 Å². The van der Waals surface area contributed by atoms with Crippen molar-refractivity contribution >= 4 is 38.4 Å². The van der Waals surface area contributed by atoms with Gasteiger partial charge in [-0.2, -0.15) is 0 Å². The number of fused-ring (bicyclic) bond motifs is 2. The van der Waals surface area contributed by atoms with Crippen molar-refractivity contribution in [3.05, 3.63) is 193 Å². The second-order valence-corrected chi connectivity index (χ2v) is 14.4. The second kappa shape index (κ2) is 17.6. The number of rotatable bonds is 15. The summed E-state index contributed by atoms with van der Waals surface area (Å²) in [6.07, 6.45) is 28.6. The molecular weight excluding hydrogens is 629 g/mol. The molecular formula is C50H54N2. The molecule has 0 radical (unpaired) electrons. The molecule has 1 aliphatic rings. The smallest absolute Gasteiger partial charge is 0.124 e. The van der Waals surface area contributed by atoms with Crippen LogP contribution in [-0.4, -0.2) is 23.8 Å². The van der Waals surface area contributed by atoms with Gasteiger partial charge in [-0.15, -0.1) is 6.58 Å². The fraction of sp³-hybridized carbons (Fsp3) is 0.220. The molecule has 264 valence electrons. The molecule has 4 aromatic carbocycles.